The van der Waals surface area contributed by atoms with Crippen molar-refractivity contribution < 1.29 is 18.8 Å². The van der Waals surface area contributed by atoms with Gasteiger partial charge in [-0.25, -0.2) is 9.18 Å². The van der Waals surface area contributed by atoms with Gasteiger partial charge in [0.25, 0.3) is 11.8 Å². The van der Waals surface area contributed by atoms with E-state index >= 15 is 0 Å². The van der Waals surface area contributed by atoms with Crippen molar-refractivity contribution in [2.45, 2.75) is 12.5 Å². The van der Waals surface area contributed by atoms with Crippen LogP contribution in [0.2, 0.25) is 0 Å². The van der Waals surface area contributed by atoms with Crippen LogP contribution in [0.5, 0.6) is 0 Å². The number of rotatable bonds is 3. The smallest absolute Gasteiger partial charge is 0.318 e. The third kappa shape index (κ3) is 3.00. The molecule has 0 bridgehead atoms. The van der Waals surface area contributed by atoms with Gasteiger partial charge < -0.3 is 5.32 Å². The SMILES string of the molecule is CC1(c2ccccc2)NC(=O)N(NC(=O)c2cc(F)ccc2Br)C1=O. The van der Waals surface area contributed by atoms with E-state index in [9.17, 15) is 18.8 Å². The molecule has 2 aromatic carbocycles. The maximum Gasteiger partial charge on any atom is 0.344 e. The van der Waals surface area contributed by atoms with Gasteiger partial charge >= 0.3 is 6.03 Å². The maximum absolute atomic E-state index is 13.4. The zero-order valence-corrected chi connectivity index (χ0v) is 14.6. The van der Waals surface area contributed by atoms with Gasteiger partial charge in [-0.3, -0.25) is 15.0 Å². The first-order valence-electron chi connectivity index (χ1n) is 7.31. The molecule has 25 heavy (non-hydrogen) atoms. The fourth-order valence-electron chi connectivity index (χ4n) is 2.54. The molecule has 1 atom stereocenters. The van der Waals surface area contributed by atoms with Gasteiger partial charge in [0.15, 0.2) is 0 Å². The number of carbonyl (C=O) groups excluding carboxylic acids is 3. The lowest BCUT2D eigenvalue weighted by molar-refractivity contribution is -0.132. The van der Waals surface area contributed by atoms with Crippen LogP contribution in [-0.2, 0) is 10.3 Å². The van der Waals surface area contributed by atoms with E-state index in [4.69, 9.17) is 0 Å². The number of hydrazine groups is 1. The van der Waals surface area contributed by atoms with Crippen molar-refractivity contribution in [3.05, 3.63) is 69.9 Å². The number of amides is 4. The summed E-state index contributed by atoms with van der Waals surface area (Å²) in [6.07, 6.45) is 0. The number of hydrogen-bond acceptors (Lipinski definition) is 3. The normalized spacial score (nSPS) is 19.7. The second kappa shape index (κ2) is 6.29. The monoisotopic (exact) mass is 405 g/mol. The molecule has 6 nitrogen and oxygen atoms in total. The molecule has 0 radical (unpaired) electrons. The Kier molecular flexibility index (Phi) is 4.30. The molecular weight excluding hydrogens is 393 g/mol. The molecule has 0 aromatic heterocycles. The third-order valence-corrected chi connectivity index (χ3v) is 4.62. The van der Waals surface area contributed by atoms with E-state index in [1.54, 1.807) is 37.3 Å². The first-order valence-corrected chi connectivity index (χ1v) is 8.10. The van der Waals surface area contributed by atoms with Crippen LogP contribution in [0.4, 0.5) is 9.18 Å². The van der Waals surface area contributed by atoms with Crippen molar-refractivity contribution in [2.75, 3.05) is 0 Å². The van der Waals surface area contributed by atoms with Crippen molar-refractivity contribution in [3.63, 3.8) is 0 Å². The minimum Gasteiger partial charge on any atom is -0.318 e. The van der Waals surface area contributed by atoms with Crippen LogP contribution >= 0.6 is 15.9 Å². The van der Waals surface area contributed by atoms with Gasteiger partial charge in [0.05, 0.1) is 5.56 Å². The fourth-order valence-corrected chi connectivity index (χ4v) is 2.97. The summed E-state index contributed by atoms with van der Waals surface area (Å²) in [5.74, 6) is -2.03. The van der Waals surface area contributed by atoms with Crippen LogP contribution < -0.4 is 10.7 Å². The molecule has 2 N–H and O–H groups in total. The number of nitrogens with one attached hydrogen (secondary N) is 2. The summed E-state index contributed by atoms with van der Waals surface area (Å²) in [6, 6.07) is 11.5. The fraction of sp³-hybridized carbons (Fsp3) is 0.118. The Morgan fingerprint density at radius 1 is 1.20 bits per heavy atom. The predicted octanol–water partition coefficient (Wildman–Crippen LogP) is 2.70. The molecule has 1 fully saturated rings. The predicted molar refractivity (Wildman–Crippen MR) is 90.7 cm³/mol. The number of imide groups is 1. The zero-order valence-electron chi connectivity index (χ0n) is 13.0. The Morgan fingerprint density at radius 2 is 1.88 bits per heavy atom. The van der Waals surface area contributed by atoms with Crippen LogP contribution in [0.25, 0.3) is 0 Å². The minimum atomic E-state index is -1.30. The van der Waals surface area contributed by atoms with E-state index in [1.165, 1.54) is 12.1 Å². The maximum atomic E-state index is 13.4. The highest BCUT2D eigenvalue weighted by Gasteiger charge is 2.50. The Morgan fingerprint density at radius 3 is 2.56 bits per heavy atom. The summed E-state index contributed by atoms with van der Waals surface area (Å²) in [7, 11) is 0. The second-order valence-corrected chi connectivity index (χ2v) is 6.48. The number of urea groups is 1. The van der Waals surface area contributed by atoms with Crippen molar-refractivity contribution in [3.8, 4) is 0 Å². The zero-order chi connectivity index (χ0) is 18.2. The Bertz CT molecular complexity index is 875. The lowest BCUT2D eigenvalue weighted by Crippen LogP contribution is -2.48. The van der Waals surface area contributed by atoms with Crippen LogP contribution in [0.1, 0.15) is 22.8 Å². The molecule has 1 unspecified atom stereocenters. The van der Waals surface area contributed by atoms with Crippen molar-refractivity contribution in [1.82, 2.24) is 15.8 Å². The van der Waals surface area contributed by atoms with Crippen LogP contribution in [0.15, 0.2) is 53.0 Å². The summed E-state index contributed by atoms with van der Waals surface area (Å²) in [4.78, 5) is 37.2. The summed E-state index contributed by atoms with van der Waals surface area (Å²) >= 11 is 3.14. The molecular formula is C17H13BrFN3O3. The molecule has 4 amide bonds. The minimum absolute atomic E-state index is 0.0334. The highest BCUT2D eigenvalue weighted by Crippen LogP contribution is 2.28. The number of halogens is 2. The van der Waals surface area contributed by atoms with E-state index in [-0.39, 0.29) is 5.56 Å². The van der Waals surface area contributed by atoms with Gasteiger partial charge in [0.2, 0.25) is 0 Å². The van der Waals surface area contributed by atoms with Crippen LogP contribution in [-0.4, -0.2) is 22.9 Å². The van der Waals surface area contributed by atoms with E-state index in [0.717, 1.165) is 6.07 Å². The first kappa shape index (κ1) is 17.1. The standard InChI is InChI=1S/C17H13BrFN3O3/c1-17(10-5-3-2-4-6-10)15(24)22(16(25)20-17)21-14(23)12-9-11(19)7-8-13(12)18/h2-9H,1H3,(H,20,25)(H,21,23). The average Bonchev–Trinajstić information content (AvgIpc) is 2.82. The molecule has 0 spiro atoms. The molecule has 3 rings (SSSR count). The van der Waals surface area contributed by atoms with Gasteiger partial charge in [0.1, 0.15) is 11.4 Å². The quantitative estimate of drug-likeness (QED) is 0.770. The Hall–Kier alpha value is -2.74. The van der Waals surface area contributed by atoms with E-state index < -0.39 is 29.2 Å². The lowest BCUT2D eigenvalue weighted by atomic mass is 9.92. The van der Waals surface area contributed by atoms with Crippen molar-refractivity contribution in [1.29, 1.82) is 0 Å². The van der Waals surface area contributed by atoms with Crippen LogP contribution in [0.3, 0.4) is 0 Å². The molecule has 0 saturated carbocycles. The van der Waals surface area contributed by atoms with Gasteiger partial charge in [0, 0.05) is 4.47 Å². The average molecular weight is 406 g/mol. The molecule has 128 valence electrons. The van der Waals surface area contributed by atoms with Gasteiger partial charge in [-0.2, -0.15) is 5.01 Å². The number of carbonyl (C=O) groups is 3. The summed E-state index contributed by atoms with van der Waals surface area (Å²) < 4.78 is 13.7. The van der Waals surface area contributed by atoms with Gasteiger partial charge in [-0.15, -0.1) is 0 Å². The molecule has 1 aliphatic rings. The molecule has 0 aliphatic carbocycles. The Balaban J connectivity index is 1.86. The molecule has 1 aliphatic heterocycles. The highest BCUT2D eigenvalue weighted by molar-refractivity contribution is 9.10. The van der Waals surface area contributed by atoms with Gasteiger partial charge in [-0.1, -0.05) is 30.3 Å². The third-order valence-electron chi connectivity index (χ3n) is 3.93. The summed E-state index contributed by atoms with van der Waals surface area (Å²) in [5.41, 5.74) is 1.47. The van der Waals surface area contributed by atoms with Crippen LogP contribution in [0, 0.1) is 5.82 Å². The van der Waals surface area contributed by atoms with Crippen molar-refractivity contribution >= 4 is 33.8 Å². The topological polar surface area (TPSA) is 78.5 Å². The summed E-state index contributed by atoms with van der Waals surface area (Å²) in [5, 5.41) is 3.17. The van der Waals surface area contributed by atoms with Gasteiger partial charge in [-0.05, 0) is 46.6 Å². The number of nitrogens with zero attached hydrogens (tertiary/aromatic N) is 1. The molecule has 8 heteroatoms. The second-order valence-electron chi connectivity index (χ2n) is 5.63. The number of hydrogen-bond donors (Lipinski definition) is 2. The first-order chi connectivity index (χ1) is 11.8. The highest BCUT2D eigenvalue weighted by atomic mass is 79.9. The molecule has 1 heterocycles. The molecule has 1 saturated heterocycles. The number of benzene rings is 2. The van der Waals surface area contributed by atoms with E-state index in [1.807, 2.05) is 0 Å². The van der Waals surface area contributed by atoms with Crippen molar-refractivity contribution in [2.24, 2.45) is 0 Å². The molecule has 2 aromatic rings. The summed E-state index contributed by atoms with van der Waals surface area (Å²) in [6.45, 7) is 1.55. The van der Waals surface area contributed by atoms with E-state index in [2.05, 4.69) is 26.7 Å². The van der Waals surface area contributed by atoms with E-state index in [0.29, 0.717) is 15.0 Å². The Labute approximate surface area is 151 Å². The largest absolute Gasteiger partial charge is 0.344 e. The lowest BCUT2D eigenvalue weighted by Gasteiger charge is -2.22.